The second kappa shape index (κ2) is 5.97. The van der Waals surface area contributed by atoms with E-state index in [-0.39, 0.29) is 5.91 Å². The smallest absolute Gasteiger partial charge is 0.239 e. The molecule has 0 heterocycles. The molecule has 1 amide bonds. The van der Waals surface area contributed by atoms with Crippen LogP contribution in [0.4, 0.5) is 0 Å². The largest absolute Gasteiger partial charge is 0.355 e. The van der Waals surface area contributed by atoms with E-state index >= 15 is 0 Å². The van der Waals surface area contributed by atoms with E-state index in [1.54, 1.807) is 0 Å². The highest BCUT2D eigenvalue weighted by Gasteiger charge is 2.25. The van der Waals surface area contributed by atoms with E-state index in [0.29, 0.717) is 0 Å². The third-order valence-electron chi connectivity index (χ3n) is 2.00. The van der Waals surface area contributed by atoms with Gasteiger partial charge < -0.3 is 10.6 Å². The minimum absolute atomic E-state index is 0.0859. The molecule has 0 radical (unpaired) electrons. The van der Waals surface area contributed by atoms with E-state index < -0.39 is 5.54 Å². The van der Waals surface area contributed by atoms with Gasteiger partial charge in [-0.2, -0.15) is 0 Å². The average Bonchev–Trinajstić information content (AvgIpc) is 2.04. The molecule has 0 aliphatic heterocycles. The Morgan fingerprint density at radius 1 is 1.31 bits per heavy atom. The van der Waals surface area contributed by atoms with Crippen LogP contribution in [0, 0.1) is 0 Å². The minimum atomic E-state index is -0.442. The molecule has 0 aliphatic carbocycles. The van der Waals surface area contributed by atoms with Gasteiger partial charge in [0.1, 0.15) is 0 Å². The molecule has 0 spiro atoms. The van der Waals surface area contributed by atoms with Gasteiger partial charge in [-0.15, -0.1) is 0 Å². The SMILES string of the molecule is CCCCNC(=O)C(C)(C)NCC. The molecule has 0 saturated heterocycles. The summed E-state index contributed by atoms with van der Waals surface area (Å²) >= 11 is 0. The van der Waals surface area contributed by atoms with Crippen LogP contribution in [0.2, 0.25) is 0 Å². The third-order valence-corrected chi connectivity index (χ3v) is 2.00. The van der Waals surface area contributed by atoms with Gasteiger partial charge in [0.2, 0.25) is 5.91 Å². The lowest BCUT2D eigenvalue weighted by atomic mass is 10.0. The number of hydrogen-bond donors (Lipinski definition) is 2. The Bertz CT molecular complexity index is 155. The monoisotopic (exact) mass is 186 g/mol. The van der Waals surface area contributed by atoms with Crippen molar-refractivity contribution in [3.63, 3.8) is 0 Å². The van der Waals surface area contributed by atoms with Crippen LogP contribution in [0.1, 0.15) is 40.5 Å². The molecule has 0 atom stereocenters. The molecular formula is C10H22N2O. The molecule has 0 fully saturated rings. The van der Waals surface area contributed by atoms with E-state index in [4.69, 9.17) is 0 Å². The van der Waals surface area contributed by atoms with E-state index in [1.165, 1.54) is 0 Å². The standard InChI is InChI=1S/C10H22N2O/c1-5-7-8-11-9(13)10(3,4)12-6-2/h12H,5-8H2,1-4H3,(H,11,13). The van der Waals surface area contributed by atoms with E-state index in [9.17, 15) is 4.79 Å². The maximum absolute atomic E-state index is 11.6. The number of likely N-dealkylation sites (N-methyl/N-ethyl adjacent to an activating group) is 1. The Labute approximate surface area is 81.3 Å². The molecule has 0 aromatic carbocycles. The number of unbranched alkanes of at least 4 members (excludes halogenated alkanes) is 1. The topological polar surface area (TPSA) is 41.1 Å². The first-order chi connectivity index (χ1) is 6.04. The van der Waals surface area contributed by atoms with E-state index in [2.05, 4.69) is 17.6 Å². The molecule has 0 bridgehead atoms. The zero-order chi connectivity index (χ0) is 10.3. The van der Waals surface area contributed by atoms with E-state index in [0.717, 1.165) is 25.9 Å². The summed E-state index contributed by atoms with van der Waals surface area (Å²) in [7, 11) is 0. The molecule has 0 aromatic heterocycles. The summed E-state index contributed by atoms with van der Waals surface area (Å²) in [5, 5.41) is 6.04. The first kappa shape index (κ1) is 12.4. The van der Waals surface area contributed by atoms with Gasteiger partial charge in [0.25, 0.3) is 0 Å². The van der Waals surface area contributed by atoms with Gasteiger partial charge in [-0.3, -0.25) is 4.79 Å². The lowest BCUT2D eigenvalue weighted by molar-refractivity contribution is -0.126. The first-order valence-corrected chi connectivity index (χ1v) is 5.08. The van der Waals surface area contributed by atoms with Gasteiger partial charge in [-0.1, -0.05) is 20.3 Å². The highest BCUT2D eigenvalue weighted by atomic mass is 16.2. The average molecular weight is 186 g/mol. The van der Waals surface area contributed by atoms with Crippen LogP contribution in [0.3, 0.4) is 0 Å². The summed E-state index contributed by atoms with van der Waals surface area (Å²) in [6, 6.07) is 0. The van der Waals surface area contributed by atoms with Crippen LogP contribution in [0.5, 0.6) is 0 Å². The van der Waals surface area contributed by atoms with Crippen molar-refractivity contribution in [1.82, 2.24) is 10.6 Å². The zero-order valence-corrected chi connectivity index (χ0v) is 9.24. The van der Waals surface area contributed by atoms with Crippen molar-refractivity contribution in [1.29, 1.82) is 0 Å². The van der Waals surface area contributed by atoms with Crippen molar-refractivity contribution >= 4 is 5.91 Å². The molecule has 0 aromatic rings. The van der Waals surface area contributed by atoms with Crippen LogP contribution < -0.4 is 10.6 Å². The third kappa shape index (κ3) is 4.88. The number of carbonyl (C=O) groups excluding carboxylic acids is 1. The number of rotatable bonds is 6. The Morgan fingerprint density at radius 3 is 2.38 bits per heavy atom. The second-order valence-electron chi connectivity index (χ2n) is 3.76. The first-order valence-electron chi connectivity index (χ1n) is 5.08. The molecule has 3 heteroatoms. The molecule has 2 N–H and O–H groups in total. The van der Waals surface area contributed by atoms with Crippen molar-refractivity contribution in [2.24, 2.45) is 0 Å². The zero-order valence-electron chi connectivity index (χ0n) is 9.24. The lowest BCUT2D eigenvalue weighted by Crippen LogP contribution is -2.52. The quantitative estimate of drug-likeness (QED) is 0.614. The van der Waals surface area contributed by atoms with Crippen LogP contribution in [-0.4, -0.2) is 24.5 Å². The Hall–Kier alpha value is -0.570. The predicted molar refractivity (Wildman–Crippen MR) is 55.7 cm³/mol. The Morgan fingerprint density at radius 2 is 1.92 bits per heavy atom. The molecule has 3 nitrogen and oxygen atoms in total. The number of amides is 1. The molecule has 78 valence electrons. The normalized spacial score (nSPS) is 11.4. The summed E-state index contributed by atoms with van der Waals surface area (Å²) in [6.45, 7) is 9.51. The number of carbonyl (C=O) groups is 1. The summed E-state index contributed by atoms with van der Waals surface area (Å²) in [5.74, 6) is 0.0859. The summed E-state index contributed by atoms with van der Waals surface area (Å²) in [6.07, 6.45) is 2.16. The van der Waals surface area contributed by atoms with Crippen LogP contribution >= 0.6 is 0 Å². The van der Waals surface area contributed by atoms with Gasteiger partial charge in [-0.25, -0.2) is 0 Å². The summed E-state index contributed by atoms with van der Waals surface area (Å²) in [5.41, 5.74) is -0.442. The maximum Gasteiger partial charge on any atom is 0.239 e. The Kier molecular flexibility index (Phi) is 5.71. The van der Waals surface area contributed by atoms with Gasteiger partial charge in [-0.05, 0) is 26.8 Å². The summed E-state index contributed by atoms with van der Waals surface area (Å²) in [4.78, 5) is 11.6. The molecule has 13 heavy (non-hydrogen) atoms. The van der Waals surface area contributed by atoms with E-state index in [1.807, 2.05) is 20.8 Å². The maximum atomic E-state index is 11.6. The van der Waals surface area contributed by atoms with Crippen molar-refractivity contribution in [3.8, 4) is 0 Å². The van der Waals surface area contributed by atoms with Crippen LogP contribution in [-0.2, 0) is 4.79 Å². The lowest BCUT2D eigenvalue weighted by Gasteiger charge is -2.24. The van der Waals surface area contributed by atoms with Gasteiger partial charge >= 0.3 is 0 Å². The fourth-order valence-corrected chi connectivity index (χ4v) is 1.12. The van der Waals surface area contributed by atoms with Crippen LogP contribution in [0.15, 0.2) is 0 Å². The van der Waals surface area contributed by atoms with Gasteiger partial charge in [0.15, 0.2) is 0 Å². The van der Waals surface area contributed by atoms with Crippen molar-refractivity contribution in [3.05, 3.63) is 0 Å². The number of hydrogen-bond acceptors (Lipinski definition) is 2. The summed E-state index contributed by atoms with van der Waals surface area (Å²) < 4.78 is 0. The van der Waals surface area contributed by atoms with Crippen LogP contribution in [0.25, 0.3) is 0 Å². The minimum Gasteiger partial charge on any atom is -0.355 e. The molecule has 0 rings (SSSR count). The highest BCUT2D eigenvalue weighted by Crippen LogP contribution is 2.01. The fraction of sp³-hybridized carbons (Fsp3) is 0.900. The van der Waals surface area contributed by atoms with Gasteiger partial charge in [0.05, 0.1) is 5.54 Å². The second-order valence-corrected chi connectivity index (χ2v) is 3.76. The van der Waals surface area contributed by atoms with Crippen molar-refractivity contribution in [2.75, 3.05) is 13.1 Å². The molecule has 0 saturated carbocycles. The van der Waals surface area contributed by atoms with Crippen molar-refractivity contribution in [2.45, 2.75) is 46.1 Å². The highest BCUT2D eigenvalue weighted by molar-refractivity contribution is 5.85. The predicted octanol–water partition coefficient (Wildman–Crippen LogP) is 1.29. The molecule has 0 unspecified atom stereocenters. The molecule has 0 aliphatic rings. The molecular weight excluding hydrogens is 164 g/mol. The fourth-order valence-electron chi connectivity index (χ4n) is 1.12. The number of nitrogens with one attached hydrogen (secondary N) is 2. The van der Waals surface area contributed by atoms with Gasteiger partial charge in [0, 0.05) is 6.54 Å². The van der Waals surface area contributed by atoms with Crippen molar-refractivity contribution < 1.29 is 4.79 Å². The Balaban J connectivity index is 3.80.